The van der Waals surface area contributed by atoms with E-state index in [2.05, 4.69) is 0 Å². The lowest BCUT2D eigenvalue weighted by atomic mass is 10.1. The summed E-state index contributed by atoms with van der Waals surface area (Å²) < 4.78 is 27.2. The molecule has 2 heterocycles. The fourth-order valence-electron chi connectivity index (χ4n) is 2.63. The third-order valence-electron chi connectivity index (χ3n) is 3.55. The average Bonchev–Trinajstić information content (AvgIpc) is 2.63. The van der Waals surface area contributed by atoms with Gasteiger partial charge in [-0.2, -0.15) is 8.78 Å². The molecule has 1 aromatic heterocycles. The van der Waals surface area contributed by atoms with Crippen molar-refractivity contribution < 1.29 is 13.6 Å². The minimum atomic E-state index is -2.91. The van der Waals surface area contributed by atoms with E-state index >= 15 is 0 Å². The number of aromatic nitrogens is 1. The highest BCUT2D eigenvalue weighted by atomic mass is 19.3. The van der Waals surface area contributed by atoms with Gasteiger partial charge in [-0.25, -0.2) is 0 Å². The molecule has 1 amide bonds. The highest BCUT2D eigenvalue weighted by molar-refractivity contribution is 5.79. The van der Waals surface area contributed by atoms with E-state index < -0.39 is 12.3 Å². The summed E-state index contributed by atoms with van der Waals surface area (Å²) in [6, 6.07) is 3.57. The van der Waals surface area contributed by atoms with Crippen LogP contribution in [0.15, 0.2) is 18.3 Å². The Kier molecular flexibility index (Phi) is 3.99. The highest BCUT2D eigenvalue weighted by Crippen LogP contribution is 2.31. The molecule has 0 aromatic carbocycles. The standard InChI is InChI=1S/C13H18F2N2O/c1-16-8-5-7-10(16)11-6-3-2-4-9-17(11)13(18)12(14)15/h5,7-8,11-12H,2-4,6,9H2,1H3. The minimum absolute atomic E-state index is 0.214. The summed E-state index contributed by atoms with van der Waals surface area (Å²) in [5.74, 6) is -1.04. The number of aryl methyl sites for hydroxylation is 1. The second-order valence-corrected chi connectivity index (χ2v) is 4.74. The third-order valence-corrected chi connectivity index (χ3v) is 3.55. The zero-order valence-electron chi connectivity index (χ0n) is 10.5. The van der Waals surface area contributed by atoms with E-state index in [1.54, 1.807) is 0 Å². The van der Waals surface area contributed by atoms with E-state index in [-0.39, 0.29) is 6.04 Å². The Balaban J connectivity index is 2.28. The van der Waals surface area contributed by atoms with Crippen molar-refractivity contribution in [2.45, 2.75) is 38.2 Å². The molecule has 2 rings (SSSR count). The van der Waals surface area contributed by atoms with Crippen molar-refractivity contribution in [3.05, 3.63) is 24.0 Å². The number of alkyl halides is 2. The van der Waals surface area contributed by atoms with Gasteiger partial charge in [0.15, 0.2) is 0 Å². The number of hydrogen-bond donors (Lipinski definition) is 0. The van der Waals surface area contributed by atoms with Crippen LogP contribution in [0.25, 0.3) is 0 Å². The maximum atomic E-state index is 12.7. The number of rotatable bonds is 2. The Labute approximate surface area is 105 Å². The molecule has 1 fully saturated rings. The van der Waals surface area contributed by atoms with Gasteiger partial charge in [0.2, 0.25) is 0 Å². The lowest BCUT2D eigenvalue weighted by Gasteiger charge is -2.30. The molecule has 1 aliphatic rings. The molecule has 3 nitrogen and oxygen atoms in total. The van der Waals surface area contributed by atoms with Crippen LogP contribution in [0.4, 0.5) is 8.78 Å². The van der Waals surface area contributed by atoms with Crippen LogP contribution in [0.5, 0.6) is 0 Å². The van der Waals surface area contributed by atoms with Crippen molar-refractivity contribution in [2.75, 3.05) is 6.54 Å². The fraction of sp³-hybridized carbons (Fsp3) is 0.615. The second kappa shape index (κ2) is 5.50. The first-order valence-corrected chi connectivity index (χ1v) is 6.31. The summed E-state index contributed by atoms with van der Waals surface area (Å²) in [6.07, 6.45) is 2.50. The van der Waals surface area contributed by atoms with E-state index in [4.69, 9.17) is 0 Å². The Bertz CT molecular complexity index is 417. The van der Waals surface area contributed by atoms with Gasteiger partial charge in [0, 0.05) is 25.5 Å². The molecule has 0 spiro atoms. The van der Waals surface area contributed by atoms with Crippen LogP contribution in [0, 0.1) is 0 Å². The average molecular weight is 256 g/mol. The van der Waals surface area contributed by atoms with E-state index in [9.17, 15) is 13.6 Å². The molecule has 0 radical (unpaired) electrons. The molecule has 18 heavy (non-hydrogen) atoms. The van der Waals surface area contributed by atoms with Crippen LogP contribution in [-0.2, 0) is 11.8 Å². The number of carbonyl (C=O) groups excluding carboxylic acids is 1. The van der Waals surface area contributed by atoms with Crippen LogP contribution in [-0.4, -0.2) is 28.3 Å². The maximum absolute atomic E-state index is 12.7. The lowest BCUT2D eigenvalue weighted by molar-refractivity contribution is -0.145. The molecule has 1 atom stereocenters. The number of hydrogen-bond acceptors (Lipinski definition) is 1. The van der Waals surface area contributed by atoms with E-state index in [0.29, 0.717) is 6.54 Å². The number of carbonyl (C=O) groups is 1. The predicted molar refractivity (Wildman–Crippen MR) is 64.3 cm³/mol. The van der Waals surface area contributed by atoms with Gasteiger partial charge in [-0.1, -0.05) is 12.8 Å². The first-order valence-electron chi connectivity index (χ1n) is 6.31. The largest absolute Gasteiger partial charge is 0.353 e. The molecule has 0 aliphatic carbocycles. The van der Waals surface area contributed by atoms with E-state index in [0.717, 1.165) is 31.4 Å². The van der Waals surface area contributed by atoms with Gasteiger partial charge in [-0.15, -0.1) is 0 Å². The van der Waals surface area contributed by atoms with Crippen LogP contribution in [0.3, 0.4) is 0 Å². The SMILES string of the molecule is Cn1cccc1C1CCCCCN1C(=O)C(F)F. The number of nitrogens with zero attached hydrogens (tertiary/aromatic N) is 2. The van der Waals surface area contributed by atoms with Crippen molar-refractivity contribution in [3.8, 4) is 0 Å². The van der Waals surface area contributed by atoms with Crippen LogP contribution >= 0.6 is 0 Å². The summed E-state index contributed by atoms with van der Waals surface area (Å²) in [6.45, 7) is 0.430. The molecular formula is C13H18F2N2O. The minimum Gasteiger partial charge on any atom is -0.353 e. The van der Waals surface area contributed by atoms with Crippen LogP contribution < -0.4 is 0 Å². The molecule has 1 unspecified atom stereocenters. The van der Waals surface area contributed by atoms with Crippen molar-refractivity contribution in [1.29, 1.82) is 0 Å². The van der Waals surface area contributed by atoms with Crippen molar-refractivity contribution >= 4 is 5.91 Å². The maximum Gasteiger partial charge on any atom is 0.315 e. The molecular weight excluding hydrogens is 238 g/mol. The molecule has 0 N–H and O–H groups in total. The van der Waals surface area contributed by atoms with E-state index in [1.165, 1.54) is 4.90 Å². The van der Waals surface area contributed by atoms with Gasteiger partial charge >= 0.3 is 6.43 Å². The molecule has 1 aromatic rings. The first kappa shape index (κ1) is 13.1. The summed E-state index contributed by atoms with van der Waals surface area (Å²) in [5, 5.41) is 0. The Hall–Kier alpha value is -1.39. The zero-order valence-corrected chi connectivity index (χ0v) is 10.5. The molecule has 0 bridgehead atoms. The van der Waals surface area contributed by atoms with Gasteiger partial charge in [-0.3, -0.25) is 4.79 Å². The smallest absolute Gasteiger partial charge is 0.315 e. The number of amides is 1. The lowest BCUT2D eigenvalue weighted by Crippen LogP contribution is -2.39. The molecule has 1 aliphatic heterocycles. The molecule has 1 saturated heterocycles. The zero-order chi connectivity index (χ0) is 13.1. The van der Waals surface area contributed by atoms with Gasteiger partial charge in [-0.05, 0) is 25.0 Å². The Morgan fingerprint density at radius 1 is 1.39 bits per heavy atom. The van der Waals surface area contributed by atoms with Gasteiger partial charge < -0.3 is 9.47 Å². The topological polar surface area (TPSA) is 25.2 Å². The third kappa shape index (κ3) is 2.54. The Morgan fingerprint density at radius 3 is 2.78 bits per heavy atom. The predicted octanol–water partition coefficient (Wildman–Crippen LogP) is 2.73. The monoisotopic (exact) mass is 256 g/mol. The van der Waals surface area contributed by atoms with Crippen LogP contribution in [0.2, 0.25) is 0 Å². The normalized spacial score (nSPS) is 21.1. The number of halogens is 2. The summed E-state index contributed by atoms with van der Waals surface area (Å²) in [7, 11) is 1.88. The van der Waals surface area contributed by atoms with Crippen molar-refractivity contribution in [1.82, 2.24) is 9.47 Å². The quantitative estimate of drug-likeness (QED) is 0.798. The first-order chi connectivity index (χ1) is 8.61. The van der Waals surface area contributed by atoms with Gasteiger partial charge in [0.1, 0.15) is 0 Å². The van der Waals surface area contributed by atoms with Crippen LogP contribution in [0.1, 0.15) is 37.4 Å². The summed E-state index contributed by atoms with van der Waals surface area (Å²) in [5.41, 5.74) is 0.936. The second-order valence-electron chi connectivity index (χ2n) is 4.74. The summed E-state index contributed by atoms with van der Waals surface area (Å²) >= 11 is 0. The van der Waals surface area contributed by atoms with Crippen molar-refractivity contribution in [2.24, 2.45) is 7.05 Å². The Morgan fingerprint density at radius 2 is 2.17 bits per heavy atom. The van der Waals surface area contributed by atoms with Crippen molar-refractivity contribution in [3.63, 3.8) is 0 Å². The molecule has 0 saturated carbocycles. The van der Waals surface area contributed by atoms with Gasteiger partial charge in [0.25, 0.3) is 5.91 Å². The van der Waals surface area contributed by atoms with E-state index in [1.807, 2.05) is 29.9 Å². The fourth-order valence-corrected chi connectivity index (χ4v) is 2.63. The van der Waals surface area contributed by atoms with Gasteiger partial charge in [0.05, 0.1) is 6.04 Å². The number of likely N-dealkylation sites (tertiary alicyclic amines) is 1. The molecule has 100 valence electrons. The molecule has 5 heteroatoms. The summed E-state index contributed by atoms with van der Waals surface area (Å²) in [4.78, 5) is 13.0. The highest BCUT2D eigenvalue weighted by Gasteiger charge is 2.32.